The summed E-state index contributed by atoms with van der Waals surface area (Å²) in [6.07, 6.45) is 88.6. The largest absolute Gasteiger partial charge is 0.394 e. The minimum absolute atomic E-state index is 0.142. The Bertz CT molecular complexity index is 1730. The average molecular weight is 1200 g/mol. The Morgan fingerprint density at radius 2 is 0.721 bits per heavy atom. The van der Waals surface area contributed by atoms with Gasteiger partial charge in [-0.05, 0) is 83.5 Å². The number of carbonyl (C=O) groups excluding carboxylic acids is 1. The van der Waals surface area contributed by atoms with Gasteiger partial charge in [0.05, 0.1) is 25.4 Å². The van der Waals surface area contributed by atoms with Crippen molar-refractivity contribution >= 4 is 5.91 Å². The molecule has 0 bridgehead atoms. The van der Waals surface area contributed by atoms with Crippen LogP contribution in [-0.2, 0) is 14.3 Å². The number of amides is 1. The number of aliphatic hydroxyl groups is 5. The molecular weight excluding hydrogens is 1070 g/mol. The Morgan fingerprint density at radius 3 is 1.07 bits per heavy atom. The molecule has 7 unspecified atom stereocenters. The van der Waals surface area contributed by atoms with Crippen molar-refractivity contribution in [2.45, 2.75) is 358 Å². The lowest BCUT2D eigenvalue weighted by atomic mass is 9.99. The lowest BCUT2D eigenvalue weighted by molar-refractivity contribution is -0.302. The first-order chi connectivity index (χ1) is 42.3. The van der Waals surface area contributed by atoms with Gasteiger partial charge >= 0.3 is 0 Å². The van der Waals surface area contributed by atoms with Crippen LogP contribution in [0.15, 0.2) is 109 Å². The summed E-state index contributed by atoms with van der Waals surface area (Å²) >= 11 is 0. The first-order valence-electron chi connectivity index (χ1n) is 36.1. The number of ether oxygens (including phenoxy) is 2. The molecule has 9 nitrogen and oxygen atoms in total. The highest BCUT2D eigenvalue weighted by Gasteiger charge is 2.44. The predicted octanol–water partition coefficient (Wildman–Crippen LogP) is 20.0. The maximum atomic E-state index is 13.2. The van der Waals surface area contributed by atoms with E-state index in [9.17, 15) is 30.3 Å². The summed E-state index contributed by atoms with van der Waals surface area (Å²) in [5, 5.41) is 55.0. The quantitative estimate of drug-likeness (QED) is 0.0261. The molecule has 86 heavy (non-hydrogen) atoms. The molecule has 1 rings (SSSR count). The van der Waals surface area contributed by atoms with Gasteiger partial charge < -0.3 is 40.3 Å². The predicted molar refractivity (Wildman–Crippen MR) is 368 cm³/mol. The normalized spacial score (nSPS) is 18.7. The Balaban J connectivity index is 2.12. The molecule has 496 valence electrons. The van der Waals surface area contributed by atoms with Crippen LogP contribution >= 0.6 is 0 Å². The van der Waals surface area contributed by atoms with Crippen molar-refractivity contribution in [1.82, 2.24) is 5.32 Å². The molecule has 0 saturated carbocycles. The second kappa shape index (κ2) is 64.8. The Kier molecular flexibility index (Phi) is 61.0. The number of carbonyl (C=O) groups is 1. The highest BCUT2D eigenvalue weighted by atomic mass is 16.7. The third-order valence-corrected chi connectivity index (χ3v) is 16.6. The van der Waals surface area contributed by atoms with Crippen LogP contribution in [0.1, 0.15) is 316 Å². The van der Waals surface area contributed by atoms with Crippen LogP contribution in [0.25, 0.3) is 0 Å². The molecule has 9 heteroatoms. The molecule has 1 aliphatic rings. The molecule has 0 aromatic rings. The van der Waals surface area contributed by atoms with Gasteiger partial charge in [0.15, 0.2) is 6.29 Å². The topological polar surface area (TPSA) is 149 Å². The molecular formula is C77H135NO8. The fourth-order valence-electron chi connectivity index (χ4n) is 11.0. The lowest BCUT2D eigenvalue weighted by Crippen LogP contribution is -2.60. The highest BCUT2D eigenvalue weighted by Crippen LogP contribution is 2.24. The maximum Gasteiger partial charge on any atom is 0.220 e. The second-order valence-electron chi connectivity index (χ2n) is 24.7. The third-order valence-electron chi connectivity index (χ3n) is 16.6. The van der Waals surface area contributed by atoms with E-state index in [1.165, 1.54) is 186 Å². The van der Waals surface area contributed by atoms with Crippen molar-refractivity contribution in [3.05, 3.63) is 109 Å². The number of unbranched alkanes of at least 4 members (excludes halogenated alkanes) is 34. The van der Waals surface area contributed by atoms with E-state index in [1.54, 1.807) is 0 Å². The van der Waals surface area contributed by atoms with Gasteiger partial charge in [-0.25, -0.2) is 0 Å². The summed E-state index contributed by atoms with van der Waals surface area (Å²) in [4.78, 5) is 13.2. The molecule has 1 amide bonds. The van der Waals surface area contributed by atoms with Crippen molar-refractivity contribution < 1.29 is 39.8 Å². The third kappa shape index (κ3) is 52.8. The molecule has 7 atom stereocenters. The highest BCUT2D eigenvalue weighted by molar-refractivity contribution is 5.76. The molecule has 1 heterocycles. The van der Waals surface area contributed by atoms with Gasteiger partial charge in [0, 0.05) is 6.42 Å². The molecule has 1 saturated heterocycles. The van der Waals surface area contributed by atoms with Crippen molar-refractivity contribution in [2.75, 3.05) is 13.2 Å². The summed E-state index contributed by atoms with van der Waals surface area (Å²) < 4.78 is 11.4. The molecule has 0 aromatic heterocycles. The van der Waals surface area contributed by atoms with Gasteiger partial charge in [0.25, 0.3) is 0 Å². The molecule has 1 aliphatic heterocycles. The number of allylic oxidation sites excluding steroid dienone is 18. The van der Waals surface area contributed by atoms with Crippen LogP contribution in [0, 0.1) is 0 Å². The number of nitrogens with one attached hydrogen (secondary N) is 1. The minimum atomic E-state index is -1.56. The van der Waals surface area contributed by atoms with Crippen LogP contribution in [0.3, 0.4) is 0 Å². The number of aliphatic hydroxyl groups excluding tert-OH is 5. The Labute approximate surface area is 529 Å². The van der Waals surface area contributed by atoms with Crippen molar-refractivity contribution in [1.29, 1.82) is 0 Å². The summed E-state index contributed by atoms with van der Waals surface area (Å²) in [7, 11) is 0. The Hall–Kier alpha value is -3.15. The van der Waals surface area contributed by atoms with Crippen LogP contribution in [0.4, 0.5) is 0 Å². The number of rotatable bonds is 62. The lowest BCUT2D eigenvalue weighted by Gasteiger charge is -2.40. The van der Waals surface area contributed by atoms with E-state index in [1.807, 2.05) is 0 Å². The average Bonchev–Trinajstić information content (AvgIpc) is 3.55. The summed E-state index contributed by atoms with van der Waals surface area (Å²) in [5.41, 5.74) is 0. The summed E-state index contributed by atoms with van der Waals surface area (Å²) in [6.45, 7) is 3.75. The van der Waals surface area contributed by atoms with Gasteiger partial charge in [0.1, 0.15) is 24.4 Å². The zero-order chi connectivity index (χ0) is 62.1. The fraction of sp³-hybridized carbons (Fsp3) is 0.753. The van der Waals surface area contributed by atoms with Gasteiger partial charge in [0.2, 0.25) is 5.91 Å². The van der Waals surface area contributed by atoms with Gasteiger partial charge in [-0.2, -0.15) is 0 Å². The zero-order valence-electron chi connectivity index (χ0n) is 55.5. The molecule has 0 spiro atoms. The van der Waals surface area contributed by atoms with E-state index in [0.717, 1.165) is 103 Å². The molecule has 0 aromatic carbocycles. The number of hydrogen-bond donors (Lipinski definition) is 6. The van der Waals surface area contributed by atoms with E-state index in [-0.39, 0.29) is 12.5 Å². The smallest absolute Gasteiger partial charge is 0.220 e. The second-order valence-corrected chi connectivity index (χ2v) is 24.7. The molecule has 0 radical (unpaired) electrons. The van der Waals surface area contributed by atoms with Crippen LogP contribution in [0.2, 0.25) is 0 Å². The monoisotopic (exact) mass is 1200 g/mol. The van der Waals surface area contributed by atoms with Gasteiger partial charge in [-0.3, -0.25) is 4.79 Å². The van der Waals surface area contributed by atoms with Crippen molar-refractivity contribution in [3.63, 3.8) is 0 Å². The van der Waals surface area contributed by atoms with Crippen molar-refractivity contribution in [2.24, 2.45) is 0 Å². The van der Waals surface area contributed by atoms with Gasteiger partial charge in [-0.15, -0.1) is 0 Å². The maximum absolute atomic E-state index is 13.2. The van der Waals surface area contributed by atoms with Crippen LogP contribution in [0.5, 0.6) is 0 Å². The minimum Gasteiger partial charge on any atom is -0.394 e. The molecule has 0 aliphatic carbocycles. The Morgan fingerprint density at radius 1 is 0.407 bits per heavy atom. The first-order valence-corrected chi connectivity index (χ1v) is 36.1. The summed E-state index contributed by atoms with van der Waals surface area (Å²) in [6, 6.07) is -0.729. The summed E-state index contributed by atoms with van der Waals surface area (Å²) in [5.74, 6) is -0.147. The van der Waals surface area contributed by atoms with E-state index in [0.29, 0.717) is 12.8 Å². The van der Waals surface area contributed by atoms with E-state index in [4.69, 9.17) is 9.47 Å². The number of hydrogen-bond acceptors (Lipinski definition) is 8. The van der Waals surface area contributed by atoms with Crippen LogP contribution in [-0.4, -0.2) is 87.5 Å². The van der Waals surface area contributed by atoms with E-state index >= 15 is 0 Å². The van der Waals surface area contributed by atoms with Crippen LogP contribution < -0.4 is 5.32 Å². The molecule has 1 fully saturated rings. The standard InChI is InChI=1S/C77H135NO8/c1-3-5-7-9-11-13-15-17-19-21-23-25-27-29-30-31-32-33-34-35-36-37-38-39-40-41-42-43-45-47-49-51-53-55-57-59-61-63-65-67-73(81)78-70(69-85-77-76(84)75(83)74(82)72(68-79)86-77)71(80)66-64-62-60-58-56-54-52-50-48-46-44-28-26-24-22-20-18-16-14-12-10-8-6-4-2/h5,7,11,13,17,19,23,25,29-30,32-33,35-36,38-39,41-42,70-72,74-77,79-80,82-84H,3-4,6,8-10,12,14-16,18,20-22,24,26-28,31,34,37,40,43-69H2,1-2H3,(H,78,81)/b7-5-,13-11-,19-17-,25-23-,30-29-,33-32-,36-35-,39-38-,42-41-. The SMILES string of the molecule is CC/C=C\C/C=C\C/C=C\C/C=C\C/C=C\C/C=C\C/C=C\C/C=C\C/C=C\CCCCCCCCCCCCCC(=O)NC(COC1OC(CO)C(O)C(O)C1O)C(O)CCCCCCCCCCCCCCCCCCCCCCCCCC. The first kappa shape index (κ1) is 80.9. The zero-order valence-corrected chi connectivity index (χ0v) is 55.5. The fourth-order valence-corrected chi connectivity index (χ4v) is 11.0. The van der Waals surface area contributed by atoms with Gasteiger partial charge in [-0.1, -0.05) is 335 Å². The molecule has 6 N–H and O–H groups in total. The van der Waals surface area contributed by atoms with Crippen molar-refractivity contribution in [3.8, 4) is 0 Å². The van der Waals surface area contributed by atoms with E-state index in [2.05, 4.69) is 129 Å². The van der Waals surface area contributed by atoms with E-state index < -0.39 is 49.5 Å².